The Labute approximate surface area is 116 Å². The summed E-state index contributed by atoms with van der Waals surface area (Å²) in [5.74, 6) is 0.885. The fourth-order valence-corrected chi connectivity index (χ4v) is 2.07. The van der Waals surface area contributed by atoms with Gasteiger partial charge in [0.1, 0.15) is 12.4 Å². The van der Waals surface area contributed by atoms with E-state index in [1.807, 2.05) is 12.1 Å². The van der Waals surface area contributed by atoms with Gasteiger partial charge >= 0.3 is 0 Å². The molecule has 1 aliphatic carbocycles. The second-order valence-electron chi connectivity index (χ2n) is 5.38. The van der Waals surface area contributed by atoms with E-state index in [9.17, 15) is 5.11 Å². The van der Waals surface area contributed by atoms with Crippen molar-refractivity contribution in [3.05, 3.63) is 29.8 Å². The van der Waals surface area contributed by atoms with Crippen LogP contribution in [0.25, 0.3) is 0 Å². The third-order valence-corrected chi connectivity index (χ3v) is 3.46. The molecule has 0 heterocycles. The monoisotopic (exact) mass is 263 g/mol. The number of aliphatic hydroxyl groups excluding tert-OH is 1. The van der Waals surface area contributed by atoms with Crippen LogP contribution >= 0.6 is 0 Å². The molecule has 0 radical (unpaired) electrons. The van der Waals surface area contributed by atoms with Gasteiger partial charge in [0.15, 0.2) is 0 Å². The lowest BCUT2D eigenvalue weighted by Crippen LogP contribution is -2.39. The second kappa shape index (κ2) is 7.51. The maximum atomic E-state index is 9.28. The first-order chi connectivity index (χ1) is 9.31. The van der Waals surface area contributed by atoms with Crippen LogP contribution in [0.4, 0.5) is 0 Å². The highest BCUT2D eigenvalue weighted by atomic mass is 16.5. The summed E-state index contributed by atoms with van der Waals surface area (Å²) in [7, 11) is 0. The Morgan fingerprint density at radius 1 is 1.32 bits per heavy atom. The van der Waals surface area contributed by atoms with Crippen LogP contribution in [0.3, 0.4) is 0 Å². The van der Waals surface area contributed by atoms with Gasteiger partial charge in [-0.2, -0.15) is 0 Å². The number of aliphatic hydroxyl groups is 1. The molecule has 1 atom stereocenters. The molecule has 0 aliphatic heterocycles. The summed E-state index contributed by atoms with van der Waals surface area (Å²) in [6.45, 7) is 2.87. The third kappa shape index (κ3) is 5.21. The molecule has 3 heteroatoms. The minimum Gasteiger partial charge on any atom is -0.492 e. The molecule has 1 unspecified atom stereocenters. The molecule has 106 valence electrons. The Bertz CT molecular complexity index is 360. The number of unbranched alkanes of at least 4 members (excludes halogenated alkanes) is 1. The molecular weight excluding hydrogens is 238 g/mol. The van der Waals surface area contributed by atoms with Gasteiger partial charge in [-0.15, -0.1) is 0 Å². The summed E-state index contributed by atoms with van der Waals surface area (Å²) in [4.78, 5) is 0. The minimum atomic E-state index is 0.0484. The lowest BCUT2D eigenvalue weighted by Gasteiger charge is -2.16. The maximum Gasteiger partial charge on any atom is 0.119 e. The Kier molecular flexibility index (Phi) is 5.67. The lowest BCUT2D eigenvalue weighted by atomic mass is 10.1. The average Bonchev–Trinajstić information content (AvgIpc) is 3.26. The van der Waals surface area contributed by atoms with Crippen molar-refractivity contribution >= 4 is 0 Å². The molecule has 0 saturated heterocycles. The zero-order valence-corrected chi connectivity index (χ0v) is 11.8. The SMILES string of the molecule is CCCCc1ccc(OCC(CO)NC2CC2)cc1. The number of rotatable bonds is 9. The molecule has 1 saturated carbocycles. The van der Waals surface area contributed by atoms with Crippen LogP contribution in [0, 0.1) is 0 Å². The number of hydrogen-bond donors (Lipinski definition) is 2. The topological polar surface area (TPSA) is 41.5 Å². The van der Waals surface area contributed by atoms with Gasteiger partial charge in [0, 0.05) is 6.04 Å². The van der Waals surface area contributed by atoms with Crippen molar-refractivity contribution in [2.75, 3.05) is 13.2 Å². The predicted molar refractivity (Wildman–Crippen MR) is 77.6 cm³/mol. The molecule has 1 aromatic carbocycles. The Balaban J connectivity index is 1.74. The van der Waals surface area contributed by atoms with E-state index in [0.717, 1.165) is 12.2 Å². The summed E-state index contributed by atoms with van der Waals surface area (Å²) < 4.78 is 5.72. The van der Waals surface area contributed by atoms with E-state index < -0.39 is 0 Å². The molecule has 0 aromatic heterocycles. The lowest BCUT2D eigenvalue weighted by molar-refractivity contribution is 0.182. The first kappa shape index (κ1) is 14.4. The van der Waals surface area contributed by atoms with Gasteiger partial charge in [0.2, 0.25) is 0 Å². The fourth-order valence-electron chi connectivity index (χ4n) is 2.07. The fraction of sp³-hybridized carbons (Fsp3) is 0.625. The molecule has 0 spiro atoms. The van der Waals surface area contributed by atoms with E-state index in [1.165, 1.54) is 31.2 Å². The Hall–Kier alpha value is -1.06. The van der Waals surface area contributed by atoms with Crippen molar-refractivity contribution in [3.63, 3.8) is 0 Å². The summed E-state index contributed by atoms with van der Waals surface area (Å²) in [6.07, 6.45) is 6.05. The molecular formula is C16H25NO2. The van der Waals surface area contributed by atoms with Crippen LogP contribution in [0.5, 0.6) is 5.75 Å². The summed E-state index contributed by atoms with van der Waals surface area (Å²) >= 11 is 0. The molecule has 1 aromatic rings. The summed E-state index contributed by atoms with van der Waals surface area (Å²) in [5.41, 5.74) is 1.36. The molecule has 19 heavy (non-hydrogen) atoms. The maximum absolute atomic E-state index is 9.28. The Morgan fingerprint density at radius 3 is 2.63 bits per heavy atom. The number of nitrogens with one attached hydrogen (secondary N) is 1. The zero-order valence-electron chi connectivity index (χ0n) is 11.8. The van der Waals surface area contributed by atoms with E-state index in [4.69, 9.17) is 4.74 Å². The predicted octanol–water partition coefficient (Wildman–Crippen LogP) is 2.52. The van der Waals surface area contributed by atoms with Gasteiger partial charge in [-0.05, 0) is 43.4 Å². The average molecular weight is 263 g/mol. The zero-order chi connectivity index (χ0) is 13.5. The van der Waals surface area contributed by atoms with Crippen molar-refractivity contribution in [3.8, 4) is 5.75 Å². The molecule has 3 nitrogen and oxygen atoms in total. The first-order valence-electron chi connectivity index (χ1n) is 7.40. The third-order valence-electron chi connectivity index (χ3n) is 3.46. The standard InChI is InChI=1S/C16H25NO2/c1-2-3-4-13-5-9-16(10-6-13)19-12-15(11-18)17-14-7-8-14/h5-6,9-10,14-15,17-18H,2-4,7-8,11-12H2,1H3. The minimum absolute atomic E-state index is 0.0484. The molecule has 2 rings (SSSR count). The van der Waals surface area contributed by atoms with Gasteiger partial charge in [0.05, 0.1) is 12.6 Å². The van der Waals surface area contributed by atoms with E-state index in [-0.39, 0.29) is 12.6 Å². The van der Waals surface area contributed by atoms with E-state index in [1.54, 1.807) is 0 Å². The van der Waals surface area contributed by atoms with Crippen molar-refractivity contribution in [2.45, 2.75) is 51.1 Å². The smallest absolute Gasteiger partial charge is 0.119 e. The molecule has 1 aliphatic rings. The van der Waals surface area contributed by atoms with Gasteiger partial charge < -0.3 is 15.2 Å². The number of benzene rings is 1. The number of ether oxygens (including phenoxy) is 1. The van der Waals surface area contributed by atoms with Crippen molar-refractivity contribution in [1.29, 1.82) is 0 Å². The Morgan fingerprint density at radius 2 is 2.05 bits per heavy atom. The number of aryl methyl sites for hydroxylation is 1. The normalized spacial score (nSPS) is 16.3. The molecule has 0 bridgehead atoms. The van der Waals surface area contributed by atoms with Crippen molar-refractivity contribution < 1.29 is 9.84 Å². The van der Waals surface area contributed by atoms with Crippen molar-refractivity contribution in [2.24, 2.45) is 0 Å². The highest BCUT2D eigenvalue weighted by Gasteiger charge is 2.24. The molecule has 2 N–H and O–H groups in total. The highest BCUT2D eigenvalue weighted by Crippen LogP contribution is 2.20. The first-order valence-corrected chi connectivity index (χ1v) is 7.40. The van der Waals surface area contributed by atoms with E-state index >= 15 is 0 Å². The van der Waals surface area contributed by atoms with Crippen LogP contribution < -0.4 is 10.1 Å². The number of hydrogen-bond acceptors (Lipinski definition) is 3. The highest BCUT2D eigenvalue weighted by molar-refractivity contribution is 5.27. The summed E-state index contributed by atoms with van der Waals surface area (Å²) in [5, 5.41) is 12.7. The van der Waals surface area contributed by atoms with E-state index in [2.05, 4.69) is 24.4 Å². The van der Waals surface area contributed by atoms with Crippen LogP contribution in [0.2, 0.25) is 0 Å². The largest absolute Gasteiger partial charge is 0.492 e. The van der Waals surface area contributed by atoms with Gasteiger partial charge in [0.25, 0.3) is 0 Å². The van der Waals surface area contributed by atoms with Gasteiger partial charge in [-0.3, -0.25) is 0 Å². The molecule has 0 amide bonds. The van der Waals surface area contributed by atoms with E-state index in [0.29, 0.717) is 12.6 Å². The van der Waals surface area contributed by atoms with Gasteiger partial charge in [-0.25, -0.2) is 0 Å². The van der Waals surface area contributed by atoms with Crippen LogP contribution in [0.15, 0.2) is 24.3 Å². The van der Waals surface area contributed by atoms with Crippen molar-refractivity contribution in [1.82, 2.24) is 5.32 Å². The summed E-state index contributed by atoms with van der Waals surface area (Å²) in [6, 6.07) is 8.96. The molecule has 1 fully saturated rings. The second-order valence-corrected chi connectivity index (χ2v) is 5.38. The van der Waals surface area contributed by atoms with Crippen LogP contribution in [0.1, 0.15) is 38.2 Å². The van der Waals surface area contributed by atoms with Crippen LogP contribution in [-0.2, 0) is 6.42 Å². The van der Waals surface area contributed by atoms with Gasteiger partial charge in [-0.1, -0.05) is 25.5 Å². The van der Waals surface area contributed by atoms with Crippen LogP contribution in [-0.4, -0.2) is 30.4 Å². The quantitative estimate of drug-likeness (QED) is 0.719.